The van der Waals surface area contributed by atoms with Gasteiger partial charge in [-0.2, -0.15) is 12.6 Å². The Morgan fingerprint density at radius 3 is 2.04 bits per heavy atom. The molecule has 0 aromatic rings. The zero-order valence-corrected chi connectivity index (χ0v) is 30.5. The quantitative estimate of drug-likeness (QED) is 0.0138. The summed E-state index contributed by atoms with van der Waals surface area (Å²) in [4.78, 5) is 131. The first-order valence-corrected chi connectivity index (χ1v) is 18.1. The van der Waals surface area contributed by atoms with E-state index in [0.29, 0.717) is 19.3 Å². The molecular formula is C31H48N6O16S2. The molecule has 0 aromatic carbocycles. The van der Waals surface area contributed by atoms with Gasteiger partial charge in [-0.3, -0.25) is 43.3 Å². The van der Waals surface area contributed by atoms with Crippen molar-refractivity contribution in [3.8, 4) is 0 Å². The second-order valence-corrected chi connectivity index (χ2v) is 13.4. The van der Waals surface area contributed by atoms with Crippen LogP contribution in [0.5, 0.6) is 0 Å². The first kappa shape index (κ1) is 50.0. The number of urea groups is 1. The van der Waals surface area contributed by atoms with E-state index in [4.69, 9.17) is 21.1 Å². The monoisotopic (exact) mass is 824 g/mol. The number of hydrogen-bond donors (Lipinski definition) is 10. The van der Waals surface area contributed by atoms with Gasteiger partial charge in [-0.25, -0.2) is 14.4 Å². The Hall–Kier alpha value is -4.97. The SMILES string of the molecule is C.N[C@@H](CCC(=O)CCCCCN1C(=O)CC(SC[C@H](NC(=O)N[C@@H](CCC(=O)O)OC=O)C(=O)O)C1=O)C(=O)N[C@@H](CC(=O)O)C(=O)N[C@@H](CS)C(=O)O. The van der Waals surface area contributed by atoms with Gasteiger partial charge in [0.2, 0.25) is 23.6 Å². The van der Waals surface area contributed by atoms with Crippen molar-refractivity contribution >= 4 is 90.2 Å². The number of nitrogens with one attached hydrogen (secondary N) is 4. The Labute approximate surface area is 324 Å². The molecule has 1 aliphatic heterocycles. The van der Waals surface area contributed by atoms with Gasteiger partial charge < -0.3 is 52.2 Å². The summed E-state index contributed by atoms with van der Waals surface area (Å²) in [6.45, 7) is 0.0250. The standard InChI is InChI=1S/C30H44N6O16S2.CH4/c31-16(25(44)32-17(10-24(42)43)26(45)33-18(12-53)28(47)48)6-5-15(38)4-2-1-3-9-36-22(39)11-20(27(36)46)54-13-19(29(49)50)34-30(51)35-21(52-14-37)7-8-23(40)41;/h14,16-21,53H,1-13,31H2,(H,32,44)(H,33,45)(H,40,41)(H,42,43)(H,47,48)(H,49,50)(H2,34,35,51);1H4/t16-,17-,18-,19-,20?,21+;/m0./s1. The van der Waals surface area contributed by atoms with Crippen molar-refractivity contribution in [1.82, 2.24) is 26.2 Å². The summed E-state index contributed by atoms with van der Waals surface area (Å²) in [5, 5.41) is 44.0. The number of amides is 6. The van der Waals surface area contributed by atoms with E-state index < -0.39 is 102 Å². The van der Waals surface area contributed by atoms with Gasteiger partial charge in [-0.15, -0.1) is 11.8 Å². The molecule has 0 saturated carbocycles. The average molecular weight is 825 g/mol. The summed E-state index contributed by atoms with van der Waals surface area (Å²) >= 11 is 4.64. The lowest BCUT2D eigenvalue weighted by Gasteiger charge is -2.21. The molecule has 1 rings (SSSR count). The number of carboxylic acid groups (broad SMARTS) is 4. The molecule has 55 heavy (non-hydrogen) atoms. The molecule has 0 radical (unpaired) electrons. The third-order valence-electron chi connectivity index (χ3n) is 7.62. The maximum Gasteiger partial charge on any atom is 0.327 e. The summed E-state index contributed by atoms with van der Waals surface area (Å²) in [6, 6.07) is -6.96. The van der Waals surface area contributed by atoms with E-state index in [1.807, 2.05) is 0 Å². The van der Waals surface area contributed by atoms with Crippen molar-refractivity contribution in [3.63, 3.8) is 0 Å². The summed E-state index contributed by atoms with van der Waals surface area (Å²) < 4.78 is 4.58. The van der Waals surface area contributed by atoms with Crippen LogP contribution in [0, 0.1) is 0 Å². The van der Waals surface area contributed by atoms with Gasteiger partial charge in [0, 0.05) is 43.7 Å². The Balaban J connectivity index is 0.0000292. The number of Topliss-reactive ketones (excluding diaryl/α,β-unsaturated/α-hetero) is 1. The van der Waals surface area contributed by atoms with Crippen molar-refractivity contribution < 1.29 is 77.9 Å². The van der Waals surface area contributed by atoms with Crippen LogP contribution >= 0.6 is 24.4 Å². The van der Waals surface area contributed by atoms with Gasteiger partial charge in [0.05, 0.1) is 24.1 Å². The predicted octanol–water partition coefficient (Wildman–Crippen LogP) is -1.70. The number of nitrogens with two attached hydrogens (primary N) is 1. The molecule has 1 unspecified atom stereocenters. The molecule has 22 nitrogen and oxygen atoms in total. The van der Waals surface area contributed by atoms with Crippen molar-refractivity contribution in [3.05, 3.63) is 0 Å². The fraction of sp³-hybridized carbons (Fsp3) is 0.645. The fourth-order valence-electron chi connectivity index (χ4n) is 4.71. The van der Waals surface area contributed by atoms with E-state index in [-0.39, 0.29) is 69.8 Å². The molecule has 1 saturated heterocycles. The number of imide groups is 1. The van der Waals surface area contributed by atoms with Crippen molar-refractivity contribution in [1.29, 1.82) is 0 Å². The van der Waals surface area contributed by atoms with Gasteiger partial charge in [-0.05, 0) is 19.3 Å². The fourth-order valence-corrected chi connectivity index (χ4v) is 6.14. The van der Waals surface area contributed by atoms with Crippen molar-refractivity contribution in [2.75, 3.05) is 18.1 Å². The smallest absolute Gasteiger partial charge is 0.327 e. The third kappa shape index (κ3) is 19.3. The highest BCUT2D eigenvalue weighted by Crippen LogP contribution is 2.26. The van der Waals surface area contributed by atoms with Crippen LogP contribution in [-0.2, 0) is 52.7 Å². The van der Waals surface area contributed by atoms with Crippen LogP contribution in [0.3, 0.4) is 0 Å². The summed E-state index contributed by atoms with van der Waals surface area (Å²) in [7, 11) is 0. The maximum atomic E-state index is 12.8. The summed E-state index contributed by atoms with van der Waals surface area (Å²) in [5.41, 5.74) is 5.82. The molecule has 10 N–H and O–H groups in total. The van der Waals surface area contributed by atoms with Crippen LogP contribution < -0.4 is 27.0 Å². The normalized spacial score (nSPS) is 16.3. The number of ketones is 1. The Bertz CT molecular complexity index is 1420. The van der Waals surface area contributed by atoms with Crippen LogP contribution in [0.25, 0.3) is 0 Å². The number of ether oxygens (including phenoxy) is 1. The second kappa shape index (κ2) is 25.9. The van der Waals surface area contributed by atoms with Gasteiger partial charge >= 0.3 is 29.9 Å². The first-order valence-electron chi connectivity index (χ1n) is 16.4. The summed E-state index contributed by atoms with van der Waals surface area (Å²) in [5.74, 6) is -9.47. The number of carboxylic acids is 4. The van der Waals surface area contributed by atoms with E-state index in [1.54, 1.807) is 0 Å². The zero-order chi connectivity index (χ0) is 41.0. The number of thioether (sulfide) groups is 1. The van der Waals surface area contributed by atoms with Crippen LogP contribution in [0.1, 0.15) is 71.6 Å². The summed E-state index contributed by atoms with van der Waals surface area (Å²) in [6.07, 6.45) is -2.18. The van der Waals surface area contributed by atoms with Crippen LogP contribution in [0.2, 0.25) is 0 Å². The van der Waals surface area contributed by atoms with Gasteiger partial charge in [0.1, 0.15) is 23.9 Å². The predicted molar refractivity (Wildman–Crippen MR) is 193 cm³/mol. The van der Waals surface area contributed by atoms with Crippen LogP contribution in [0.4, 0.5) is 4.79 Å². The number of carbonyl (C=O) groups is 11. The van der Waals surface area contributed by atoms with Gasteiger partial charge in [0.15, 0.2) is 6.23 Å². The molecule has 0 aliphatic carbocycles. The molecule has 24 heteroatoms. The number of nitrogens with zero attached hydrogens (tertiary/aromatic N) is 1. The number of carbonyl (C=O) groups excluding carboxylic acids is 7. The molecule has 310 valence electrons. The molecule has 6 atom stereocenters. The lowest BCUT2D eigenvalue weighted by atomic mass is 10.0. The Morgan fingerprint density at radius 2 is 1.47 bits per heavy atom. The molecule has 0 aromatic heterocycles. The lowest BCUT2D eigenvalue weighted by molar-refractivity contribution is -0.143. The second-order valence-electron chi connectivity index (χ2n) is 11.8. The topological polar surface area (TPSA) is 355 Å². The van der Waals surface area contributed by atoms with Crippen molar-refractivity contribution in [2.24, 2.45) is 5.73 Å². The number of hydrogen-bond acceptors (Lipinski definition) is 15. The minimum Gasteiger partial charge on any atom is -0.481 e. The third-order valence-corrected chi connectivity index (χ3v) is 9.28. The molecule has 6 amide bonds. The average Bonchev–Trinajstić information content (AvgIpc) is 3.36. The first-order chi connectivity index (χ1) is 25.4. The highest BCUT2D eigenvalue weighted by atomic mass is 32.2. The molecule has 0 spiro atoms. The zero-order valence-electron chi connectivity index (χ0n) is 28.8. The highest BCUT2D eigenvalue weighted by molar-refractivity contribution is 8.00. The lowest BCUT2D eigenvalue weighted by Crippen LogP contribution is -2.55. The number of aliphatic carboxylic acids is 4. The van der Waals surface area contributed by atoms with E-state index in [1.165, 1.54) is 0 Å². The number of thiol groups is 1. The molecular weight excluding hydrogens is 777 g/mol. The molecule has 1 fully saturated rings. The largest absolute Gasteiger partial charge is 0.481 e. The van der Waals surface area contributed by atoms with E-state index >= 15 is 0 Å². The van der Waals surface area contributed by atoms with Gasteiger partial charge in [-0.1, -0.05) is 13.8 Å². The van der Waals surface area contributed by atoms with E-state index in [0.717, 1.165) is 16.7 Å². The highest BCUT2D eigenvalue weighted by Gasteiger charge is 2.39. The van der Waals surface area contributed by atoms with E-state index in [2.05, 4.69) is 38.6 Å². The number of rotatable bonds is 28. The number of unbranched alkanes of at least 4 members (excludes halogenated alkanes) is 2. The molecule has 1 heterocycles. The molecule has 0 bridgehead atoms. The minimum absolute atomic E-state index is 0. The Morgan fingerprint density at radius 1 is 0.836 bits per heavy atom. The number of likely N-dealkylation sites (tertiary alicyclic amines) is 1. The van der Waals surface area contributed by atoms with Crippen LogP contribution in [-0.4, -0.2) is 145 Å². The maximum absolute atomic E-state index is 12.8. The molecule has 1 aliphatic rings. The minimum atomic E-state index is -1.64. The van der Waals surface area contributed by atoms with Crippen LogP contribution in [0.15, 0.2) is 0 Å². The van der Waals surface area contributed by atoms with Crippen molar-refractivity contribution in [2.45, 2.75) is 107 Å². The van der Waals surface area contributed by atoms with E-state index in [9.17, 15) is 57.8 Å². The van der Waals surface area contributed by atoms with Gasteiger partial charge in [0.25, 0.3) is 6.47 Å². The Kier molecular flexibility index (Phi) is 23.6.